The molecule has 0 aliphatic carbocycles. The lowest BCUT2D eigenvalue weighted by Gasteiger charge is -2.40. The highest BCUT2D eigenvalue weighted by Crippen LogP contribution is 2.27. The van der Waals surface area contributed by atoms with E-state index >= 15 is 0 Å². The molecule has 0 bridgehead atoms. The fourth-order valence-corrected chi connectivity index (χ4v) is 1.95. The van der Waals surface area contributed by atoms with Gasteiger partial charge in [-0.1, -0.05) is 0 Å². The second-order valence-electron chi connectivity index (χ2n) is 4.96. The maximum Gasteiger partial charge on any atom is 0.126 e. The van der Waals surface area contributed by atoms with Gasteiger partial charge >= 0.3 is 0 Å². The number of rotatable bonds is 5. The van der Waals surface area contributed by atoms with E-state index in [0.717, 1.165) is 6.07 Å². The first-order valence-electron chi connectivity index (χ1n) is 5.93. The summed E-state index contributed by atoms with van der Waals surface area (Å²) in [7, 11) is 0. The van der Waals surface area contributed by atoms with Crippen LogP contribution in [-0.4, -0.2) is 31.5 Å². The van der Waals surface area contributed by atoms with E-state index in [0.29, 0.717) is 25.3 Å². The van der Waals surface area contributed by atoms with E-state index in [9.17, 15) is 13.9 Å². The second-order valence-corrected chi connectivity index (χ2v) is 4.96. The Morgan fingerprint density at radius 2 is 1.94 bits per heavy atom. The molecule has 1 aliphatic heterocycles. The summed E-state index contributed by atoms with van der Waals surface area (Å²) in [4.78, 5) is 0. The van der Waals surface area contributed by atoms with Crippen molar-refractivity contribution >= 4 is 0 Å². The molecule has 0 amide bonds. The molecule has 18 heavy (non-hydrogen) atoms. The van der Waals surface area contributed by atoms with Crippen molar-refractivity contribution in [3.8, 4) is 0 Å². The monoisotopic (exact) mass is 257 g/mol. The van der Waals surface area contributed by atoms with Crippen molar-refractivity contribution in [2.24, 2.45) is 5.41 Å². The molecule has 1 heterocycles. The lowest BCUT2D eigenvalue weighted by Crippen LogP contribution is -2.52. The predicted octanol–water partition coefficient (Wildman–Crippen LogP) is 1.62. The van der Waals surface area contributed by atoms with Gasteiger partial charge in [-0.25, -0.2) is 8.78 Å². The topological polar surface area (TPSA) is 41.5 Å². The first-order chi connectivity index (χ1) is 8.54. The van der Waals surface area contributed by atoms with Gasteiger partial charge in [0, 0.05) is 18.7 Å². The van der Waals surface area contributed by atoms with Crippen LogP contribution in [0.15, 0.2) is 18.2 Å². The lowest BCUT2D eigenvalue weighted by molar-refractivity contribution is -0.135. The Labute approximate surface area is 105 Å². The van der Waals surface area contributed by atoms with E-state index in [1.807, 2.05) is 6.92 Å². The Bertz CT molecular complexity index is 396. The van der Waals surface area contributed by atoms with Gasteiger partial charge in [0.2, 0.25) is 0 Å². The average Bonchev–Trinajstić information content (AvgIpc) is 2.26. The van der Waals surface area contributed by atoms with E-state index < -0.39 is 11.6 Å². The number of hydrogen-bond acceptors (Lipinski definition) is 3. The number of hydrogen-bond donors (Lipinski definition) is 2. The van der Waals surface area contributed by atoms with Gasteiger partial charge in [0.05, 0.1) is 25.2 Å². The first kappa shape index (κ1) is 13.4. The molecule has 1 aromatic rings. The largest absolute Gasteiger partial charge is 0.396 e. The summed E-state index contributed by atoms with van der Waals surface area (Å²) < 4.78 is 31.2. The maximum absolute atomic E-state index is 13.1. The van der Waals surface area contributed by atoms with Crippen LogP contribution in [0.2, 0.25) is 0 Å². The Hall–Kier alpha value is -1.04. The third-order valence-corrected chi connectivity index (χ3v) is 3.32. The van der Waals surface area contributed by atoms with Crippen LogP contribution in [0.25, 0.3) is 0 Å². The SMILES string of the molecule is CC(NCC1(CO)COC1)c1cc(F)cc(F)c1. The van der Waals surface area contributed by atoms with Gasteiger partial charge < -0.3 is 15.2 Å². The number of benzene rings is 1. The molecule has 1 saturated heterocycles. The molecule has 0 spiro atoms. The summed E-state index contributed by atoms with van der Waals surface area (Å²) >= 11 is 0. The molecule has 0 aromatic heterocycles. The van der Waals surface area contributed by atoms with Crippen molar-refractivity contribution in [2.75, 3.05) is 26.4 Å². The van der Waals surface area contributed by atoms with Crippen LogP contribution in [-0.2, 0) is 4.74 Å². The molecule has 1 fully saturated rings. The third kappa shape index (κ3) is 2.85. The van der Waals surface area contributed by atoms with Gasteiger partial charge in [-0.05, 0) is 24.6 Å². The van der Waals surface area contributed by atoms with Crippen molar-refractivity contribution in [1.82, 2.24) is 5.32 Å². The van der Waals surface area contributed by atoms with Gasteiger partial charge in [-0.2, -0.15) is 0 Å². The quantitative estimate of drug-likeness (QED) is 0.842. The fourth-order valence-electron chi connectivity index (χ4n) is 1.95. The molecule has 0 saturated carbocycles. The first-order valence-corrected chi connectivity index (χ1v) is 5.93. The van der Waals surface area contributed by atoms with Crippen LogP contribution in [0.1, 0.15) is 18.5 Å². The van der Waals surface area contributed by atoms with Crippen molar-refractivity contribution in [3.05, 3.63) is 35.4 Å². The summed E-state index contributed by atoms with van der Waals surface area (Å²) in [6.07, 6.45) is 0. The van der Waals surface area contributed by atoms with Crippen LogP contribution < -0.4 is 5.32 Å². The fraction of sp³-hybridized carbons (Fsp3) is 0.538. The molecule has 5 heteroatoms. The molecule has 1 unspecified atom stereocenters. The Morgan fingerprint density at radius 1 is 1.33 bits per heavy atom. The molecule has 3 nitrogen and oxygen atoms in total. The molecule has 2 N–H and O–H groups in total. The highest BCUT2D eigenvalue weighted by atomic mass is 19.1. The lowest BCUT2D eigenvalue weighted by atomic mass is 9.86. The Kier molecular flexibility index (Phi) is 3.94. The smallest absolute Gasteiger partial charge is 0.126 e. The van der Waals surface area contributed by atoms with Crippen LogP contribution in [0.5, 0.6) is 0 Å². The minimum absolute atomic E-state index is 0.0459. The molecular formula is C13H17F2NO2. The summed E-state index contributed by atoms with van der Waals surface area (Å²) in [5.41, 5.74) is 0.306. The van der Waals surface area contributed by atoms with Crippen molar-refractivity contribution in [3.63, 3.8) is 0 Å². The minimum atomic E-state index is -0.581. The van der Waals surface area contributed by atoms with Crippen LogP contribution in [0.4, 0.5) is 8.78 Å². The normalized spacial score (nSPS) is 19.3. The second kappa shape index (κ2) is 5.30. The number of aliphatic hydroxyl groups is 1. The summed E-state index contributed by atoms with van der Waals surface area (Å²) in [6.45, 7) is 3.47. The molecular weight excluding hydrogens is 240 g/mol. The predicted molar refractivity (Wildman–Crippen MR) is 63.1 cm³/mol. The van der Waals surface area contributed by atoms with E-state index in [4.69, 9.17) is 4.74 Å². The third-order valence-electron chi connectivity index (χ3n) is 3.32. The van der Waals surface area contributed by atoms with Gasteiger partial charge in [-0.15, -0.1) is 0 Å². The summed E-state index contributed by atoms with van der Waals surface area (Å²) in [6, 6.07) is 3.29. The minimum Gasteiger partial charge on any atom is -0.396 e. The maximum atomic E-state index is 13.1. The molecule has 2 rings (SSSR count). The number of halogens is 2. The van der Waals surface area contributed by atoms with Crippen LogP contribution in [0, 0.1) is 17.0 Å². The highest BCUT2D eigenvalue weighted by molar-refractivity contribution is 5.21. The van der Waals surface area contributed by atoms with Crippen LogP contribution >= 0.6 is 0 Å². The standard InChI is InChI=1S/C13H17F2NO2/c1-9(10-2-11(14)4-12(15)3-10)16-5-13(6-17)7-18-8-13/h2-4,9,16-17H,5-8H2,1H3. The average molecular weight is 257 g/mol. The summed E-state index contributed by atoms with van der Waals surface area (Å²) in [5, 5.41) is 12.4. The molecule has 1 aromatic carbocycles. The number of ether oxygens (including phenoxy) is 1. The summed E-state index contributed by atoms with van der Waals surface area (Å²) in [5.74, 6) is -1.16. The number of nitrogens with one attached hydrogen (secondary N) is 1. The Morgan fingerprint density at radius 3 is 2.39 bits per heavy atom. The van der Waals surface area contributed by atoms with Crippen molar-refractivity contribution in [2.45, 2.75) is 13.0 Å². The van der Waals surface area contributed by atoms with Gasteiger partial charge in [0.15, 0.2) is 0 Å². The highest BCUT2D eigenvalue weighted by Gasteiger charge is 2.38. The van der Waals surface area contributed by atoms with Crippen molar-refractivity contribution in [1.29, 1.82) is 0 Å². The van der Waals surface area contributed by atoms with Crippen molar-refractivity contribution < 1.29 is 18.6 Å². The van der Waals surface area contributed by atoms with E-state index in [2.05, 4.69) is 5.32 Å². The molecule has 1 atom stereocenters. The van der Waals surface area contributed by atoms with Crippen LogP contribution in [0.3, 0.4) is 0 Å². The zero-order chi connectivity index (χ0) is 13.2. The zero-order valence-electron chi connectivity index (χ0n) is 10.2. The van der Waals surface area contributed by atoms with E-state index in [-0.39, 0.29) is 18.1 Å². The van der Waals surface area contributed by atoms with Gasteiger partial charge in [0.1, 0.15) is 11.6 Å². The molecule has 1 aliphatic rings. The number of aliphatic hydroxyl groups excluding tert-OH is 1. The van der Waals surface area contributed by atoms with Gasteiger partial charge in [-0.3, -0.25) is 0 Å². The Balaban J connectivity index is 1.96. The van der Waals surface area contributed by atoms with E-state index in [1.54, 1.807) is 0 Å². The van der Waals surface area contributed by atoms with Gasteiger partial charge in [0.25, 0.3) is 0 Å². The molecule has 100 valence electrons. The zero-order valence-corrected chi connectivity index (χ0v) is 10.2. The molecule has 0 radical (unpaired) electrons. The van der Waals surface area contributed by atoms with E-state index in [1.165, 1.54) is 12.1 Å².